The zero-order chi connectivity index (χ0) is 30.7. The van der Waals surface area contributed by atoms with Crippen molar-refractivity contribution in [2.24, 2.45) is 0 Å². The summed E-state index contributed by atoms with van der Waals surface area (Å²) >= 11 is 13.4. The first-order valence-electron chi connectivity index (χ1n) is 13.0. The molecule has 1 aliphatic heterocycles. The van der Waals surface area contributed by atoms with Gasteiger partial charge in [-0.3, -0.25) is 14.6 Å². The third kappa shape index (κ3) is 6.11. The van der Waals surface area contributed by atoms with Crippen molar-refractivity contribution < 1.29 is 23.5 Å². The predicted octanol–water partition coefficient (Wildman–Crippen LogP) is 7.13. The molecule has 0 unspecified atom stereocenters. The Labute approximate surface area is 257 Å². The van der Waals surface area contributed by atoms with Gasteiger partial charge in [-0.15, -0.1) is 0 Å². The Bertz CT molecular complexity index is 1710. The number of rotatable bonds is 10. The Morgan fingerprint density at radius 3 is 2.49 bits per heavy atom. The normalized spacial score (nSPS) is 12.5. The minimum atomic E-state index is -0.516. The van der Waals surface area contributed by atoms with E-state index < -0.39 is 11.8 Å². The SMILES string of the molecule is C=CC(=O)Cc1ccccc1Nc1ncc2c(n1)N(Cc1cccc(F)c1)C(=O)N(c1c(Cl)c(OC)cc(OC)c1Cl)C2. The van der Waals surface area contributed by atoms with E-state index in [1.54, 1.807) is 24.4 Å². The van der Waals surface area contributed by atoms with Crippen LogP contribution in [0.15, 0.2) is 73.4 Å². The number of benzene rings is 3. The van der Waals surface area contributed by atoms with Crippen molar-refractivity contribution in [2.45, 2.75) is 19.5 Å². The topological polar surface area (TPSA) is 96.9 Å². The first-order valence-corrected chi connectivity index (χ1v) is 13.8. The third-order valence-corrected chi connectivity index (χ3v) is 7.52. The minimum absolute atomic E-state index is 0.0166. The number of hydrogen-bond donors (Lipinski definition) is 1. The van der Waals surface area contributed by atoms with Gasteiger partial charge in [0, 0.05) is 29.9 Å². The second-order valence-electron chi connectivity index (χ2n) is 9.51. The molecule has 4 aromatic rings. The van der Waals surface area contributed by atoms with Crippen LogP contribution in [0.3, 0.4) is 0 Å². The smallest absolute Gasteiger partial charge is 0.330 e. The van der Waals surface area contributed by atoms with E-state index in [-0.39, 0.29) is 58.5 Å². The number of nitrogens with zero attached hydrogens (tertiary/aromatic N) is 4. The van der Waals surface area contributed by atoms with E-state index in [1.165, 1.54) is 48.3 Å². The molecule has 2 heterocycles. The number of halogens is 3. The van der Waals surface area contributed by atoms with Crippen LogP contribution in [0.1, 0.15) is 16.7 Å². The van der Waals surface area contributed by atoms with E-state index >= 15 is 0 Å². The van der Waals surface area contributed by atoms with Gasteiger partial charge in [-0.2, -0.15) is 4.98 Å². The highest BCUT2D eigenvalue weighted by atomic mass is 35.5. The largest absolute Gasteiger partial charge is 0.495 e. The number of methoxy groups -OCH3 is 2. The number of nitrogens with one attached hydrogen (secondary N) is 1. The lowest BCUT2D eigenvalue weighted by molar-refractivity contribution is -0.114. The molecule has 0 radical (unpaired) electrons. The quantitative estimate of drug-likeness (QED) is 0.188. The summed E-state index contributed by atoms with van der Waals surface area (Å²) in [4.78, 5) is 38.2. The number of ether oxygens (including phenoxy) is 2. The predicted molar refractivity (Wildman–Crippen MR) is 164 cm³/mol. The molecule has 0 saturated heterocycles. The first-order chi connectivity index (χ1) is 20.7. The van der Waals surface area contributed by atoms with Gasteiger partial charge in [0.25, 0.3) is 0 Å². The number of para-hydroxylation sites is 1. The highest BCUT2D eigenvalue weighted by Crippen LogP contribution is 2.48. The van der Waals surface area contributed by atoms with Crippen LogP contribution in [0.25, 0.3) is 0 Å². The summed E-state index contributed by atoms with van der Waals surface area (Å²) < 4.78 is 25.0. The fourth-order valence-electron chi connectivity index (χ4n) is 4.70. The Morgan fingerprint density at radius 2 is 1.81 bits per heavy atom. The summed E-state index contributed by atoms with van der Waals surface area (Å²) in [6, 6.07) is 14.2. The number of aromatic nitrogens is 2. The molecule has 1 aliphatic rings. The maximum absolute atomic E-state index is 14.2. The molecule has 0 fully saturated rings. The van der Waals surface area contributed by atoms with Crippen LogP contribution in [0.5, 0.6) is 11.5 Å². The summed E-state index contributed by atoms with van der Waals surface area (Å²) in [5.41, 5.74) is 2.64. The molecule has 1 N–H and O–H groups in total. The Kier molecular flexibility index (Phi) is 8.79. The zero-order valence-electron chi connectivity index (χ0n) is 23.2. The molecule has 43 heavy (non-hydrogen) atoms. The molecular weight excluding hydrogens is 596 g/mol. The molecule has 0 atom stereocenters. The van der Waals surface area contributed by atoms with Crippen LogP contribution in [-0.2, 0) is 24.3 Å². The fourth-order valence-corrected chi connectivity index (χ4v) is 5.40. The van der Waals surface area contributed by atoms with Gasteiger partial charge in [0.2, 0.25) is 5.95 Å². The van der Waals surface area contributed by atoms with Crippen LogP contribution < -0.4 is 24.6 Å². The average molecular weight is 622 g/mol. The van der Waals surface area contributed by atoms with Crippen LogP contribution in [-0.4, -0.2) is 36.0 Å². The highest BCUT2D eigenvalue weighted by Gasteiger charge is 2.37. The number of anilines is 4. The number of ketones is 1. The van der Waals surface area contributed by atoms with Gasteiger partial charge >= 0.3 is 6.03 Å². The Hall–Kier alpha value is -4.67. The lowest BCUT2D eigenvalue weighted by atomic mass is 10.1. The van der Waals surface area contributed by atoms with Gasteiger partial charge in [0.15, 0.2) is 5.78 Å². The maximum Gasteiger partial charge on any atom is 0.330 e. The van der Waals surface area contributed by atoms with Gasteiger partial charge in [0.05, 0.1) is 33.0 Å². The number of allylic oxidation sites excluding steroid dienone is 1. The number of carbonyl (C=O) groups excluding carboxylic acids is 2. The zero-order valence-corrected chi connectivity index (χ0v) is 24.7. The molecule has 9 nitrogen and oxygen atoms in total. The molecule has 220 valence electrons. The van der Waals surface area contributed by atoms with Crippen molar-refractivity contribution >= 4 is 58.2 Å². The standard InChI is InChI=1S/C31H26Cl2FN5O4/c1-4-22(40)13-19-9-5-6-11-23(19)36-30-35-15-20-17-38(28-26(32)24(42-2)14-25(43-3)27(28)33)31(41)39(29(20)37-30)16-18-8-7-10-21(34)12-18/h4-12,14-15H,1,13,16-17H2,2-3H3,(H,35,36,37). The molecule has 12 heteroatoms. The number of urea groups is 1. The van der Waals surface area contributed by atoms with Crippen molar-refractivity contribution in [1.29, 1.82) is 0 Å². The summed E-state index contributed by atoms with van der Waals surface area (Å²) in [6.07, 6.45) is 2.99. The summed E-state index contributed by atoms with van der Waals surface area (Å²) in [5, 5.41) is 3.38. The summed E-state index contributed by atoms with van der Waals surface area (Å²) in [6.45, 7) is 3.55. The number of hydrogen-bond acceptors (Lipinski definition) is 7. The van der Waals surface area contributed by atoms with Crippen molar-refractivity contribution in [3.8, 4) is 11.5 Å². The molecule has 1 aromatic heterocycles. The van der Waals surface area contributed by atoms with Crippen molar-refractivity contribution in [3.05, 3.63) is 106 Å². The third-order valence-electron chi connectivity index (χ3n) is 6.79. The molecule has 2 amide bonds. The van der Waals surface area contributed by atoms with Crippen molar-refractivity contribution in [2.75, 3.05) is 29.3 Å². The van der Waals surface area contributed by atoms with Crippen molar-refractivity contribution in [3.63, 3.8) is 0 Å². The van der Waals surface area contributed by atoms with Crippen LogP contribution >= 0.6 is 23.2 Å². The monoisotopic (exact) mass is 621 g/mol. The molecule has 0 bridgehead atoms. The molecule has 0 saturated carbocycles. The van der Waals surface area contributed by atoms with Crippen LogP contribution in [0.4, 0.5) is 32.3 Å². The molecule has 3 aromatic carbocycles. The summed E-state index contributed by atoms with van der Waals surface area (Å²) in [5.74, 6) is 0.444. The van der Waals surface area contributed by atoms with Gasteiger partial charge in [-0.1, -0.05) is 60.1 Å². The van der Waals surface area contributed by atoms with E-state index in [0.717, 1.165) is 5.56 Å². The van der Waals surface area contributed by atoms with Gasteiger partial charge < -0.3 is 14.8 Å². The number of amides is 2. The Morgan fingerprint density at radius 1 is 1.09 bits per heavy atom. The minimum Gasteiger partial charge on any atom is -0.495 e. The second kappa shape index (κ2) is 12.7. The van der Waals surface area contributed by atoms with Gasteiger partial charge in [0.1, 0.15) is 33.2 Å². The van der Waals surface area contributed by atoms with Crippen LogP contribution in [0, 0.1) is 5.82 Å². The second-order valence-corrected chi connectivity index (χ2v) is 10.3. The van der Waals surface area contributed by atoms with E-state index in [1.807, 2.05) is 18.2 Å². The highest BCUT2D eigenvalue weighted by molar-refractivity contribution is 6.42. The van der Waals surface area contributed by atoms with Gasteiger partial charge in [-0.05, 0) is 35.4 Å². The molecule has 5 rings (SSSR count). The van der Waals surface area contributed by atoms with E-state index in [4.69, 9.17) is 32.7 Å². The Balaban J connectivity index is 1.59. The first kappa shape index (κ1) is 29.8. The van der Waals surface area contributed by atoms with Gasteiger partial charge in [-0.25, -0.2) is 14.2 Å². The fraction of sp³-hybridized carbons (Fsp3) is 0.161. The summed E-state index contributed by atoms with van der Waals surface area (Å²) in [7, 11) is 2.88. The number of carbonyl (C=O) groups is 2. The maximum atomic E-state index is 14.2. The molecule has 0 aliphatic carbocycles. The van der Waals surface area contributed by atoms with E-state index in [0.29, 0.717) is 22.6 Å². The lowest BCUT2D eigenvalue weighted by Gasteiger charge is -2.37. The average Bonchev–Trinajstić information content (AvgIpc) is 3.00. The van der Waals surface area contributed by atoms with Crippen molar-refractivity contribution in [1.82, 2.24) is 9.97 Å². The molecular formula is C31H26Cl2FN5O4. The van der Waals surface area contributed by atoms with E-state index in [9.17, 15) is 14.0 Å². The van der Waals surface area contributed by atoms with Crippen LogP contribution in [0.2, 0.25) is 10.0 Å². The molecule has 0 spiro atoms. The van der Waals surface area contributed by atoms with E-state index in [2.05, 4.69) is 21.9 Å². The number of fused-ring (bicyclic) bond motifs is 1. The lowest BCUT2D eigenvalue weighted by Crippen LogP contribution is -2.48.